The van der Waals surface area contributed by atoms with Crippen molar-refractivity contribution in [2.24, 2.45) is 14.1 Å². The first-order valence-corrected chi connectivity index (χ1v) is 11.1. The summed E-state index contributed by atoms with van der Waals surface area (Å²) in [6, 6.07) is 16.6. The van der Waals surface area contributed by atoms with Crippen LogP contribution >= 0.6 is 0 Å². The highest BCUT2D eigenvalue weighted by atomic mass is 16.2. The van der Waals surface area contributed by atoms with E-state index in [9.17, 15) is 9.59 Å². The van der Waals surface area contributed by atoms with Crippen LogP contribution in [0.15, 0.2) is 59.5 Å². The Morgan fingerprint density at radius 1 is 1.03 bits per heavy atom. The first-order chi connectivity index (χ1) is 15.4. The monoisotopic (exact) mass is 428 g/mol. The zero-order chi connectivity index (χ0) is 22.6. The summed E-state index contributed by atoms with van der Waals surface area (Å²) >= 11 is 0. The van der Waals surface area contributed by atoms with Gasteiger partial charge in [-0.2, -0.15) is 0 Å². The molecule has 1 fully saturated rings. The lowest BCUT2D eigenvalue weighted by Gasteiger charge is -2.41. The van der Waals surface area contributed by atoms with Crippen molar-refractivity contribution in [1.82, 2.24) is 14.0 Å². The number of nitrogens with zero attached hydrogens (tertiary/aromatic N) is 4. The second kappa shape index (κ2) is 7.55. The van der Waals surface area contributed by atoms with Gasteiger partial charge in [0.2, 0.25) is 0 Å². The summed E-state index contributed by atoms with van der Waals surface area (Å²) in [7, 11) is 3.61. The highest BCUT2D eigenvalue weighted by Crippen LogP contribution is 2.30. The standard InChI is InChI=1S/C26H28N4O2/c1-17-8-7-9-19(14-17)30-13-12-29(15-18(30)2)25(31)21-16-27(3)26(32)24-23(21)20-10-5-6-11-22(20)28(24)4/h5-11,14,16,18H,12-13,15H2,1-4H3. The molecule has 1 aliphatic rings. The van der Waals surface area contributed by atoms with E-state index in [0.717, 1.165) is 22.8 Å². The lowest BCUT2D eigenvalue weighted by atomic mass is 10.1. The average molecular weight is 429 g/mol. The molecule has 2 aromatic carbocycles. The highest BCUT2D eigenvalue weighted by Gasteiger charge is 2.30. The molecule has 0 bridgehead atoms. The average Bonchev–Trinajstić information content (AvgIpc) is 3.09. The molecule has 3 heterocycles. The Morgan fingerprint density at radius 3 is 2.56 bits per heavy atom. The van der Waals surface area contributed by atoms with E-state index in [2.05, 4.69) is 43.0 Å². The summed E-state index contributed by atoms with van der Waals surface area (Å²) in [6.07, 6.45) is 1.71. The van der Waals surface area contributed by atoms with Gasteiger partial charge in [0.15, 0.2) is 0 Å². The predicted octanol–water partition coefficient (Wildman–Crippen LogP) is 3.69. The third-order valence-corrected chi connectivity index (χ3v) is 6.70. The number of aromatic nitrogens is 2. The third kappa shape index (κ3) is 3.09. The normalized spacial score (nSPS) is 16.8. The number of fused-ring (bicyclic) bond motifs is 3. The van der Waals surface area contributed by atoms with Crippen LogP contribution in [0.1, 0.15) is 22.8 Å². The summed E-state index contributed by atoms with van der Waals surface area (Å²) < 4.78 is 3.43. The van der Waals surface area contributed by atoms with Crippen LogP contribution in [0.3, 0.4) is 0 Å². The maximum Gasteiger partial charge on any atom is 0.274 e. The molecule has 1 atom stereocenters. The smallest absolute Gasteiger partial charge is 0.274 e. The van der Waals surface area contributed by atoms with E-state index >= 15 is 0 Å². The quantitative estimate of drug-likeness (QED) is 0.489. The van der Waals surface area contributed by atoms with Crippen LogP contribution in [0.5, 0.6) is 0 Å². The van der Waals surface area contributed by atoms with Crippen LogP contribution in [0.25, 0.3) is 21.8 Å². The summed E-state index contributed by atoms with van der Waals surface area (Å²) in [5.41, 5.74) is 4.46. The molecule has 0 N–H and O–H groups in total. The number of aryl methyl sites for hydroxylation is 3. The minimum atomic E-state index is -0.0899. The van der Waals surface area contributed by atoms with Gasteiger partial charge in [0.1, 0.15) is 5.52 Å². The molecule has 1 aliphatic heterocycles. The Morgan fingerprint density at radius 2 is 1.81 bits per heavy atom. The van der Waals surface area contributed by atoms with Crippen molar-refractivity contribution in [1.29, 1.82) is 0 Å². The molecule has 5 rings (SSSR count). The fourth-order valence-corrected chi connectivity index (χ4v) is 5.06. The molecule has 0 aliphatic carbocycles. The first kappa shape index (κ1) is 20.4. The van der Waals surface area contributed by atoms with E-state index in [-0.39, 0.29) is 17.5 Å². The molecule has 32 heavy (non-hydrogen) atoms. The highest BCUT2D eigenvalue weighted by molar-refractivity contribution is 6.17. The molecular formula is C26H28N4O2. The summed E-state index contributed by atoms with van der Waals surface area (Å²) in [5, 5.41) is 1.70. The number of amides is 1. The topological polar surface area (TPSA) is 50.5 Å². The van der Waals surface area contributed by atoms with E-state index in [0.29, 0.717) is 24.2 Å². The Hall–Kier alpha value is -3.54. The molecule has 1 amide bonds. The Labute approximate surface area is 187 Å². The van der Waals surface area contributed by atoms with Crippen LogP contribution in [-0.2, 0) is 14.1 Å². The van der Waals surface area contributed by atoms with Crippen LogP contribution in [0.2, 0.25) is 0 Å². The van der Waals surface area contributed by atoms with E-state index < -0.39 is 0 Å². The third-order valence-electron chi connectivity index (χ3n) is 6.70. The SMILES string of the molecule is Cc1cccc(N2CCN(C(=O)c3cn(C)c(=O)c4c3c3ccccc3n4C)CC2C)c1. The molecule has 0 saturated carbocycles. The number of rotatable bonds is 2. The van der Waals surface area contributed by atoms with Gasteiger partial charge in [-0.1, -0.05) is 30.3 Å². The maximum atomic E-state index is 13.8. The molecule has 2 aromatic heterocycles. The molecule has 164 valence electrons. The Balaban J connectivity index is 1.54. The minimum absolute atomic E-state index is 0.0160. The fraction of sp³-hybridized carbons (Fsp3) is 0.308. The van der Waals surface area contributed by atoms with E-state index in [4.69, 9.17) is 0 Å². The van der Waals surface area contributed by atoms with E-state index in [1.165, 1.54) is 15.8 Å². The molecule has 4 aromatic rings. The summed E-state index contributed by atoms with van der Waals surface area (Å²) in [6.45, 7) is 6.33. The molecular weight excluding hydrogens is 400 g/mol. The van der Waals surface area contributed by atoms with Crippen LogP contribution in [0, 0.1) is 6.92 Å². The molecule has 6 nitrogen and oxygen atoms in total. The molecule has 6 heteroatoms. The number of piperazine rings is 1. The zero-order valence-corrected chi connectivity index (χ0v) is 19.0. The van der Waals surface area contributed by atoms with Crippen molar-refractivity contribution in [2.75, 3.05) is 24.5 Å². The first-order valence-electron chi connectivity index (χ1n) is 11.1. The van der Waals surface area contributed by atoms with Crippen LogP contribution in [0.4, 0.5) is 5.69 Å². The van der Waals surface area contributed by atoms with Crippen molar-refractivity contribution in [3.63, 3.8) is 0 Å². The van der Waals surface area contributed by atoms with Gasteiger partial charge in [0.25, 0.3) is 11.5 Å². The van der Waals surface area contributed by atoms with E-state index in [1.54, 1.807) is 13.2 Å². The number of benzene rings is 2. The van der Waals surface area contributed by atoms with Crippen molar-refractivity contribution in [3.8, 4) is 0 Å². The largest absolute Gasteiger partial charge is 0.365 e. The van der Waals surface area contributed by atoms with Gasteiger partial charge in [-0.15, -0.1) is 0 Å². The number of carbonyl (C=O) groups excluding carboxylic acids is 1. The maximum absolute atomic E-state index is 13.8. The molecule has 1 unspecified atom stereocenters. The number of pyridine rings is 1. The van der Waals surface area contributed by atoms with Gasteiger partial charge in [0.05, 0.1) is 5.56 Å². The number of hydrogen-bond donors (Lipinski definition) is 0. The lowest BCUT2D eigenvalue weighted by Crippen LogP contribution is -2.54. The van der Waals surface area contributed by atoms with E-state index in [1.807, 2.05) is 40.8 Å². The van der Waals surface area contributed by atoms with Crippen molar-refractivity contribution < 1.29 is 4.79 Å². The van der Waals surface area contributed by atoms with Gasteiger partial charge in [-0.3, -0.25) is 9.59 Å². The number of para-hydroxylation sites is 1. The van der Waals surface area contributed by atoms with Crippen molar-refractivity contribution >= 4 is 33.4 Å². The summed E-state index contributed by atoms with van der Waals surface area (Å²) in [5.74, 6) is -0.0160. The Kier molecular flexibility index (Phi) is 4.81. The van der Waals surface area contributed by atoms with Gasteiger partial charge >= 0.3 is 0 Å². The predicted molar refractivity (Wildman–Crippen MR) is 130 cm³/mol. The molecule has 0 spiro atoms. The van der Waals surface area contributed by atoms with Gasteiger partial charge in [0, 0.05) is 67.9 Å². The second-order valence-electron chi connectivity index (χ2n) is 8.89. The summed E-state index contributed by atoms with van der Waals surface area (Å²) in [4.78, 5) is 31.0. The second-order valence-corrected chi connectivity index (χ2v) is 8.89. The fourth-order valence-electron chi connectivity index (χ4n) is 5.06. The van der Waals surface area contributed by atoms with Crippen molar-refractivity contribution in [3.05, 3.63) is 76.2 Å². The lowest BCUT2D eigenvalue weighted by molar-refractivity contribution is 0.0727. The number of hydrogen-bond acceptors (Lipinski definition) is 3. The van der Waals surface area contributed by atoms with Gasteiger partial charge < -0.3 is 18.9 Å². The molecule has 0 radical (unpaired) electrons. The number of carbonyl (C=O) groups is 1. The Bertz CT molecular complexity index is 1410. The van der Waals surface area contributed by atoms with Crippen molar-refractivity contribution in [2.45, 2.75) is 19.9 Å². The van der Waals surface area contributed by atoms with Gasteiger partial charge in [-0.05, 0) is 37.6 Å². The van der Waals surface area contributed by atoms with Gasteiger partial charge in [-0.25, -0.2) is 0 Å². The zero-order valence-electron chi connectivity index (χ0n) is 19.0. The number of anilines is 1. The molecule has 1 saturated heterocycles. The van der Waals surface area contributed by atoms with Crippen LogP contribution < -0.4 is 10.5 Å². The van der Waals surface area contributed by atoms with Crippen LogP contribution in [-0.4, -0.2) is 45.6 Å². The minimum Gasteiger partial charge on any atom is -0.365 e.